The molecule has 1 aromatic heterocycles. The van der Waals surface area contributed by atoms with E-state index in [4.69, 9.17) is 9.52 Å². The zero-order valence-corrected chi connectivity index (χ0v) is 10.7. The molecule has 6 heteroatoms. The van der Waals surface area contributed by atoms with Gasteiger partial charge in [-0.3, -0.25) is 4.21 Å². The highest BCUT2D eigenvalue weighted by molar-refractivity contribution is 7.83. The Morgan fingerprint density at radius 3 is 2.68 bits per heavy atom. The highest BCUT2D eigenvalue weighted by atomic mass is 32.2. The molecule has 4 nitrogen and oxygen atoms in total. The van der Waals surface area contributed by atoms with Gasteiger partial charge >= 0.3 is 5.97 Å². The van der Waals surface area contributed by atoms with Crippen LogP contribution in [-0.4, -0.2) is 15.3 Å². The van der Waals surface area contributed by atoms with E-state index < -0.39 is 16.8 Å². The number of halogens is 1. The van der Waals surface area contributed by atoms with E-state index in [1.807, 2.05) is 0 Å². The Labute approximate surface area is 111 Å². The van der Waals surface area contributed by atoms with Crippen LogP contribution in [0.2, 0.25) is 0 Å². The molecule has 1 unspecified atom stereocenters. The third-order valence-corrected chi connectivity index (χ3v) is 3.65. The first-order valence-corrected chi connectivity index (χ1v) is 6.95. The first kappa shape index (κ1) is 13.5. The summed E-state index contributed by atoms with van der Waals surface area (Å²) in [6.07, 6.45) is 0. The van der Waals surface area contributed by atoms with Gasteiger partial charge in [-0.05, 0) is 29.8 Å². The van der Waals surface area contributed by atoms with Crippen molar-refractivity contribution in [2.45, 2.75) is 11.5 Å². The maximum atomic E-state index is 13.0. The summed E-state index contributed by atoms with van der Waals surface area (Å²) < 4.78 is 29.8. The first-order valence-electron chi connectivity index (χ1n) is 5.46. The van der Waals surface area contributed by atoms with Gasteiger partial charge < -0.3 is 9.52 Å². The number of benzene rings is 1. The van der Waals surface area contributed by atoms with Gasteiger partial charge in [0.1, 0.15) is 11.6 Å². The van der Waals surface area contributed by atoms with Crippen LogP contribution < -0.4 is 0 Å². The van der Waals surface area contributed by atoms with Crippen LogP contribution in [0.25, 0.3) is 0 Å². The summed E-state index contributed by atoms with van der Waals surface area (Å²) in [7, 11) is -1.28. The van der Waals surface area contributed by atoms with Gasteiger partial charge in [-0.25, -0.2) is 9.18 Å². The minimum Gasteiger partial charge on any atom is -0.475 e. The molecule has 100 valence electrons. The zero-order valence-electron chi connectivity index (χ0n) is 9.84. The fraction of sp³-hybridized carbons (Fsp3) is 0.154. The Hall–Kier alpha value is -1.95. The van der Waals surface area contributed by atoms with Crippen molar-refractivity contribution in [1.29, 1.82) is 0 Å². The van der Waals surface area contributed by atoms with Crippen LogP contribution in [0, 0.1) is 5.82 Å². The van der Waals surface area contributed by atoms with Crippen LogP contribution in [0.3, 0.4) is 0 Å². The average molecular weight is 282 g/mol. The molecule has 0 saturated heterocycles. The molecule has 0 bridgehead atoms. The van der Waals surface area contributed by atoms with Crippen molar-refractivity contribution in [3.63, 3.8) is 0 Å². The van der Waals surface area contributed by atoms with Gasteiger partial charge in [0.15, 0.2) is 0 Å². The van der Waals surface area contributed by atoms with Crippen LogP contribution in [0.4, 0.5) is 4.39 Å². The van der Waals surface area contributed by atoms with Crippen LogP contribution in [0.5, 0.6) is 0 Å². The van der Waals surface area contributed by atoms with Crippen molar-refractivity contribution in [3.05, 3.63) is 59.3 Å². The molecule has 0 amide bonds. The van der Waals surface area contributed by atoms with Crippen LogP contribution in [0.15, 0.2) is 40.8 Å². The summed E-state index contributed by atoms with van der Waals surface area (Å²) in [5, 5.41) is 8.69. The molecule has 0 aliphatic carbocycles. The monoisotopic (exact) mass is 282 g/mol. The fourth-order valence-electron chi connectivity index (χ4n) is 1.59. The SMILES string of the molecule is O=C(O)c1ccc(CS(=O)Cc2cccc(F)c2)o1. The number of furan rings is 1. The van der Waals surface area contributed by atoms with Gasteiger partial charge in [0.25, 0.3) is 0 Å². The standard InChI is InChI=1S/C13H11FO4S/c14-10-3-1-2-9(6-10)7-19(17)8-11-4-5-12(18-11)13(15)16/h1-6H,7-8H2,(H,15,16). The summed E-state index contributed by atoms with van der Waals surface area (Å²) in [4.78, 5) is 10.6. The van der Waals surface area contributed by atoms with Gasteiger partial charge in [0.2, 0.25) is 5.76 Å². The smallest absolute Gasteiger partial charge is 0.371 e. The minimum absolute atomic E-state index is 0.101. The van der Waals surface area contributed by atoms with Crippen molar-refractivity contribution in [3.8, 4) is 0 Å². The second-order valence-electron chi connectivity index (χ2n) is 3.93. The summed E-state index contributed by atoms with van der Waals surface area (Å²) in [6.45, 7) is 0. The van der Waals surface area contributed by atoms with Crippen molar-refractivity contribution in [2.75, 3.05) is 0 Å². The second kappa shape index (κ2) is 5.79. The third kappa shape index (κ3) is 3.75. The molecule has 1 heterocycles. The second-order valence-corrected chi connectivity index (χ2v) is 5.39. The van der Waals surface area contributed by atoms with Gasteiger partial charge in [0.05, 0.1) is 5.75 Å². The van der Waals surface area contributed by atoms with Crippen LogP contribution >= 0.6 is 0 Å². The molecule has 1 N–H and O–H groups in total. The predicted octanol–water partition coefficient (Wildman–Crippen LogP) is 2.57. The molecule has 0 spiro atoms. The highest BCUT2D eigenvalue weighted by Gasteiger charge is 2.11. The molecule has 0 radical (unpaired) electrons. The number of hydrogen-bond donors (Lipinski definition) is 1. The molecule has 19 heavy (non-hydrogen) atoms. The van der Waals surface area contributed by atoms with E-state index in [1.165, 1.54) is 24.3 Å². The largest absolute Gasteiger partial charge is 0.475 e. The fourth-order valence-corrected chi connectivity index (χ4v) is 2.72. The maximum Gasteiger partial charge on any atom is 0.371 e. The Kier molecular flexibility index (Phi) is 4.11. The molecule has 2 aromatic rings. The van der Waals surface area contributed by atoms with E-state index >= 15 is 0 Å². The molecule has 1 aromatic carbocycles. The molecule has 2 rings (SSSR count). The van der Waals surface area contributed by atoms with E-state index in [9.17, 15) is 13.4 Å². The molecule has 0 fully saturated rings. The van der Waals surface area contributed by atoms with E-state index in [-0.39, 0.29) is 23.1 Å². The lowest BCUT2D eigenvalue weighted by atomic mass is 10.2. The lowest BCUT2D eigenvalue weighted by molar-refractivity contribution is 0.0660. The zero-order chi connectivity index (χ0) is 13.8. The minimum atomic E-state index is -1.28. The Bertz CT molecular complexity index is 621. The number of aromatic carboxylic acids is 1. The normalized spacial score (nSPS) is 12.3. The third-order valence-electron chi connectivity index (χ3n) is 2.39. The van der Waals surface area contributed by atoms with Gasteiger partial charge in [-0.2, -0.15) is 0 Å². The van der Waals surface area contributed by atoms with Gasteiger partial charge in [-0.1, -0.05) is 12.1 Å². The first-order chi connectivity index (χ1) is 9.04. The summed E-state index contributed by atoms with van der Waals surface area (Å²) in [5.74, 6) is -1.09. The lowest BCUT2D eigenvalue weighted by Crippen LogP contribution is -1.99. The topological polar surface area (TPSA) is 67.5 Å². The predicted molar refractivity (Wildman–Crippen MR) is 67.6 cm³/mol. The Morgan fingerprint density at radius 2 is 2.05 bits per heavy atom. The Balaban J connectivity index is 1.99. The number of hydrogen-bond acceptors (Lipinski definition) is 3. The van der Waals surface area contributed by atoms with Crippen molar-refractivity contribution in [1.82, 2.24) is 0 Å². The maximum absolute atomic E-state index is 13.0. The molecule has 0 aliphatic rings. The number of carboxylic acid groups (broad SMARTS) is 1. The Morgan fingerprint density at radius 1 is 1.26 bits per heavy atom. The molecule has 0 aliphatic heterocycles. The molecular weight excluding hydrogens is 271 g/mol. The van der Waals surface area contributed by atoms with Gasteiger partial charge in [0, 0.05) is 16.6 Å². The van der Waals surface area contributed by atoms with Gasteiger partial charge in [-0.15, -0.1) is 0 Å². The van der Waals surface area contributed by atoms with Crippen molar-refractivity contribution < 1.29 is 22.9 Å². The lowest BCUT2D eigenvalue weighted by Gasteiger charge is -2.01. The molecule has 1 atom stereocenters. The number of carboxylic acids is 1. The average Bonchev–Trinajstić information content (AvgIpc) is 2.77. The molecule has 0 saturated carbocycles. The number of carbonyl (C=O) groups is 1. The van der Waals surface area contributed by atoms with Crippen LogP contribution in [0.1, 0.15) is 21.9 Å². The van der Waals surface area contributed by atoms with Crippen LogP contribution in [-0.2, 0) is 22.3 Å². The van der Waals surface area contributed by atoms with Crippen molar-refractivity contribution >= 4 is 16.8 Å². The summed E-state index contributed by atoms with van der Waals surface area (Å²) in [6, 6.07) is 8.67. The molecular formula is C13H11FO4S. The summed E-state index contributed by atoms with van der Waals surface area (Å²) >= 11 is 0. The highest BCUT2D eigenvalue weighted by Crippen LogP contribution is 2.13. The van der Waals surface area contributed by atoms with E-state index in [2.05, 4.69) is 0 Å². The van der Waals surface area contributed by atoms with E-state index in [1.54, 1.807) is 12.1 Å². The van der Waals surface area contributed by atoms with E-state index in [0.29, 0.717) is 11.3 Å². The van der Waals surface area contributed by atoms with E-state index in [0.717, 1.165) is 0 Å². The van der Waals surface area contributed by atoms with Crippen molar-refractivity contribution in [2.24, 2.45) is 0 Å². The summed E-state index contributed by atoms with van der Waals surface area (Å²) in [5.41, 5.74) is 0.628. The quantitative estimate of drug-likeness (QED) is 0.915. The number of rotatable bonds is 5.